The van der Waals surface area contributed by atoms with Gasteiger partial charge in [0, 0.05) is 69.3 Å². The van der Waals surface area contributed by atoms with E-state index in [1.54, 1.807) is 6.07 Å². The quantitative estimate of drug-likeness (QED) is 0.342. The van der Waals surface area contributed by atoms with E-state index in [0.717, 1.165) is 55.0 Å². The van der Waals surface area contributed by atoms with Crippen LogP contribution in [0.15, 0.2) is 71.3 Å². The van der Waals surface area contributed by atoms with Crippen molar-refractivity contribution in [2.45, 2.75) is 25.7 Å². The molecule has 0 radical (unpaired) electrons. The molecule has 1 saturated heterocycles. The van der Waals surface area contributed by atoms with Gasteiger partial charge in [-0.2, -0.15) is 0 Å². The van der Waals surface area contributed by atoms with E-state index in [9.17, 15) is 13.6 Å². The van der Waals surface area contributed by atoms with Gasteiger partial charge in [-0.15, -0.1) is 0 Å². The summed E-state index contributed by atoms with van der Waals surface area (Å²) in [7, 11) is 0. The van der Waals surface area contributed by atoms with E-state index in [2.05, 4.69) is 14.4 Å². The average molecular weight is 561 g/mol. The van der Waals surface area contributed by atoms with Crippen molar-refractivity contribution in [2.24, 2.45) is 0 Å². The highest BCUT2D eigenvalue weighted by molar-refractivity contribution is 5.91. The molecule has 1 atom stereocenters. The number of halogens is 2. The summed E-state index contributed by atoms with van der Waals surface area (Å²) in [6, 6.07) is 16.7. The fraction of sp³-hybridized carbons (Fsp3) is 0.323. The zero-order valence-corrected chi connectivity index (χ0v) is 22.5. The van der Waals surface area contributed by atoms with Crippen LogP contribution in [0.4, 0.5) is 8.78 Å². The van der Waals surface area contributed by atoms with Gasteiger partial charge < -0.3 is 23.4 Å². The van der Waals surface area contributed by atoms with Crippen LogP contribution in [-0.4, -0.2) is 64.7 Å². The molecule has 2 aromatic heterocycles. The summed E-state index contributed by atoms with van der Waals surface area (Å²) in [5.41, 5.74) is 2.49. The van der Waals surface area contributed by atoms with Crippen LogP contribution in [0, 0.1) is 11.6 Å². The Kier molecular flexibility index (Phi) is 6.72. The highest BCUT2D eigenvalue weighted by atomic mass is 19.1. The van der Waals surface area contributed by atoms with Crippen molar-refractivity contribution >= 4 is 5.91 Å². The topological polar surface area (TPSA) is 63.3 Å². The highest BCUT2D eigenvalue weighted by Gasteiger charge is 2.32. The number of hydrogen-bond donors (Lipinski definition) is 0. The van der Waals surface area contributed by atoms with Crippen LogP contribution in [0.2, 0.25) is 0 Å². The maximum absolute atomic E-state index is 14.9. The van der Waals surface area contributed by atoms with Crippen LogP contribution >= 0.6 is 0 Å². The molecule has 1 fully saturated rings. The maximum atomic E-state index is 14.9. The summed E-state index contributed by atoms with van der Waals surface area (Å²) in [5, 5.41) is 0. The van der Waals surface area contributed by atoms with Crippen molar-refractivity contribution in [3.63, 3.8) is 0 Å². The summed E-state index contributed by atoms with van der Waals surface area (Å²) in [6.07, 6.45) is 1.97. The summed E-state index contributed by atoms with van der Waals surface area (Å²) in [4.78, 5) is 19.5. The van der Waals surface area contributed by atoms with Gasteiger partial charge in [-0.1, -0.05) is 12.1 Å². The average Bonchev–Trinajstić information content (AvgIpc) is 3.74. The van der Waals surface area contributed by atoms with Crippen molar-refractivity contribution in [1.82, 2.24) is 19.3 Å². The lowest BCUT2D eigenvalue weighted by atomic mass is 9.99. The lowest BCUT2D eigenvalue weighted by Crippen LogP contribution is -2.48. The van der Waals surface area contributed by atoms with Gasteiger partial charge in [0.2, 0.25) is 6.79 Å². The Morgan fingerprint density at radius 2 is 1.71 bits per heavy atom. The first-order valence-electron chi connectivity index (χ1n) is 13.8. The lowest BCUT2D eigenvalue weighted by Gasteiger charge is -2.37. The molecule has 4 aromatic rings. The number of carbonyl (C=O) groups is 1. The van der Waals surface area contributed by atoms with E-state index in [1.807, 2.05) is 47.5 Å². The van der Waals surface area contributed by atoms with Gasteiger partial charge in [0.1, 0.15) is 17.4 Å². The Morgan fingerprint density at radius 1 is 0.854 bits per heavy atom. The third kappa shape index (κ3) is 5.09. The Labute approximate surface area is 236 Å². The third-order valence-electron chi connectivity index (χ3n) is 8.13. The summed E-state index contributed by atoms with van der Waals surface area (Å²) in [5.74, 6) is 1.16. The minimum Gasteiger partial charge on any atom is -0.455 e. The van der Waals surface area contributed by atoms with Crippen molar-refractivity contribution in [3.05, 3.63) is 107 Å². The first-order chi connectivity index (χ1) is 20.0. The number of carbonyl (C=O) groups excluding carboxylic acids is 1. The van der Waals surface area contributed by atoms with Crippen LogP contribution in [0.3, 0.4) is 0 Å². The minimum absolute atomic E-state index is 0.132. The standard InChI is InChI=1S/C31H30F2N4O4/c32-22-4-6-24(25(33)17-22)30-26-2-1-9-35(26)14-15-37(30)19-23-5-8-28(41-23)31(38)36-12-10-34(11-13-36)18-21-3-7-27-29(16-21)40-20-39-27/h1-9,16-17,30H,10-15,18-20H2. The van der Waals surface area contributed by atoms with Gasteiger partial charge in [-0.05, 0) is 48.0 Å². The molecule has 0 spiro atoms. The van der Waals surface area contributed by atoms with Gasteiger partial charge in [0.05, 0.1) is 12.6 Å². The Balaban J connectivity index is 1.00. The van der Waals surface area contributed by atoms with Crippen LogP contribution in [0.25, 0.3) is 0 Å². The number of amides is 1. The van der Waals surface area contributed by atoms with Gasteiger partial charge in [0.15, 0.2) is 17.3 Å². The Morgan fingerprint density at radius 3 is 2.56 bits per heavy atom. The fourth-order valence-electron chi connectivity index (χ4n) is 6.02. The van der Waals surface area contributed by atoms with E-state index in [0.29, 0.717) is 43.3 Å². The van der Waals surface area contributed by atoms with Crippen LogP contribution in [-0.2, 0) is 19.6 Å². The second kappa shape index (κ2) is 10.7. The molecule has 10 heteroatoms. The third-order valence-corrected chi connectivity index (χ3v) is 8.13. The minimum atomic E-state index is -0.605. The molecule has 0 saturated carbocycles. The van der Waals surface area contributed by atoms with Crippen LogP contribution in [0.1, 0.15) is 39.2 Å². The molecular formula is C31H30F2N4O4. The molecular weight excluding hydrogens is 530 g/mol. The molecule has 7 rings (SSSR count). The van der Waals surface area contributed by atoms with Crippen LogP contribution < -0.4 is 9.47 Å². The lowest BCUT2D eigenvalue weighted by molar-refractivity contribution is 0.0593. The smallest absolute Gasteiger partial charge is 0.289 e. The van der Waals surface area contributed by atoms with Gasteiger partial charge >= 0.3 is 0 Å². The summed E-state index contributed by atoms with van der Waals surface area (Å²) < 4.78 is 47.6. The number of fused-ring (bicyclic) bond motifs is 2. The van der Waals surface area contributed by atoms with Gasteiger partial charge in [-0.25, -0.2) is 8.78 Å². The van der Waals surface area contributed by atoms with E-state index in [4.69, 9.17) is 13.9 Å². The Bertz CT molecular complexity index is 1580. The second-order valence-electron chi connectivity index (χ2n) is 10.7. The van der Waals surface area contributed by atoms with E-state index in [-0.39, 0.29) is 12.7 Å². The van der Waals surface area contributed by atoms with Crippen molar-refractivity contribution in [1.29, 1.82) is 0 Å². The number of aromatic nitrogens is 1. The number of nitrogens with zero attached hydrogens (tertiary/aromatic N) is 4. The maximum Gasteiger partial charge on any atom is 0.289 e. The molecule has 3 aliphatic heterocycles. The summed E-state index contributed by atoms with van der Waals surface area (Å²) in [6.45, 7) is 5.54. The predicted molar refractivity (Wildman–Crippen MR) is 145 cm³/mol. The Hall–Kier alpha value is -4.15. The fourth-order valence-corrected chi connectivity index (χ4v) is 6.02. The SMILES string of the molecule is O=C(c1ccc(CN2CCn3cccc3C2c2ccc(F)cc2F)o1)N1CCN(Cc2ccc3c(c2)OCO3)CC1. The van der Waals surface area contributed by atoms with Crippen molar-refractivity contribution in [2.75, 3.05) is 39.5 Å². The van der Waals surface area contributed by atoms with E-state index in [1.165, 1.54) is 12.1 Å². The number of hydrogen-bond acceptors (Lipinski definition) is 6. The molecule has 8 nitrogen and oxygen atoms in total. The molecule has 2 aromatic carbocycles. The van der Waals surface area contributed by atoms with Crippen molar-refractivity contribution in [3.8, 4) is 11.5 Å². The highest BCUT2D eigenvalue weighted by Crippen LogP contribution is 2.36. The molecule has 0 aliphatic carbocycles. The normalized spacial score (nSPS) is 19.0. The second-order valence-corrected chi connectivity index (χ2v) is 10.7. The van der Waals surface area contributed by atoms with Crippen LogP contribution in [0.5, 0.6) is 11.5 Å². The van der Waals surface area contributed by atoms with Gasteiger partial charge in [-0.3, -0.25) is 14.6 Å². The molecule has 212 valence electrons. The van der Waals surface area contributed by atoms with Gasteiger partial charge in [0.25, 0.3) is 5.91 Å². The zero-order chi connectivity index (χ0) is 27.9. The monoisotopic (exact) mass is 560 g/mol. The molecule has 5 heterocycles. The number of furan rings is 1. The van der Waals surface area contributed by atoms with E-state index >= 15 is 0 Å². The first-order valence-corrected chi connectivity index (χ1v) is 13.8. The molecule has 0 N–H and O–H groups in total. The van der Waals surface area contributed by atoms with E-state index < -0.39 is 17.7 Å². The molecule has 0 bridgehead atoms. The number of piperazine rings is 1. The molecule has 41 heavy (non-hydrogen) atoms. The number of ether oxygens (including phenoxy) is 2. The molecule has 1 unspecified atom stereocenters. The van der Waals surface area contributed by atoms with Crippen molar-refractivity contribution < 1.29 is 27.5 Å². The molecule has 3 aliphatic rings. The largest absolute Gasteiger partial charge is 0.455 e. The summed E-state index contributed by atoms with van der Waals surface area (Å²) >= 11 is 0. The first kappa shape index (κ1) is 25.8. The number of rotatable bonds is 6. The number of benzene rings is 2. The zero-order valence-electron chi connectivity index (χ0n) is 22.5. The molecule has 1 amide bonds. The predicted octanol–water partition coefficient (Wildman–Crippen LogP) is 4.65.